The fourth-order valence-electron chi connectivity index (χ4n) is 10.4. The van der Waals surface area contributed by atoms with E-state index in [9.17, 15) is 14.4 Å². The lowest BCUT2D eigenvalue weighted by Crippen LogP contribution is -2.30. The zero-order valence-corrected chi connectivity index (χ0v) is 54.1. The molecule has 0 amide bonds. The lowest BCUT2D eigenvalue weighted by Gasteiger charge is -2.18. The Labute approximate surface area is 503 Å². The van der Waals surface area contributed by atoms with Gasteiger partial charge in [0.05, 0.1) is 0 Å². The van der Waals surface area contributed by atoms with Crippen molar-refractivity contribution < 1.29 is 28.6 Å². The van der Waals surface area contributed by atoms with Crippen LogP contribution in [0.15, 0.2) is 72.9 Å². The zero-order valence-electron chi connectivity index (χ0n) is 54.1. The molecule has 0 saturated heterocycles. The topological polar surface area (TPSA) is 78.9 Å². The SMILES string of the molecule is CC/C=C\C/C=C\C/C=C\C/C=C\C/C=C\CCCCCCCCCCCC(=O)OC(COC(=O)CCCCCCC/C=C\CCCCC)COC(=O)CCCCCCCCCCCCCCCCCCCCCCCCCCCC. The van der Waals surface area contributed by atoms with Crippen molar-refractivity contribution in [2.75, 3.05) is 13.2 Å². The molecule has 1 unspecified atom stereocenters. The highest BCUT2D eigenvalue weighted by atomic mass is 16.6. The number of allylic oxidation sites excluding steroid dienone is 12. The summed E-state index contributed by atoms with van der Waals surface area (Å²) in [6.07, 6.45) is 90.8. The number of ether oxygens (including phenoxy) is 3. The summed E-state index contributed by atoms with van der Waals surface area (Å²) in [6, 6.07) is 0. The van der Waals surface area contributed by atoms with Crippen molar-refractivity contribution in [1.82, 2.24) is 0 Å². The average Bonchev–Trinajstić information content (AvgIpc) is 3.47. The van der Waals surface area contributed by atoms with Gasteiger partial charge >= 0.3 is 17.9 Å². The molecule has 0 spiro atoms. The highest BCUT2D eigenvalue weighted by molar-refractivity contribution is 5.71. The van der Waals surface area contributed by atoms with E-state index in [4.69, 9.17) is 14.2 Å². The molecule has 0 rings (SSSR count). The number of hydrogen-bond donors (Lipinski definition) is 0. The summed E-state index contributed by atoms with van der Waals surface area (Å²) in [6.45, 7) is 6.55. The summed E-state index contributed by atoms with van der Waals surface area (Å²) in [5.74, 6) is -0.872. The number of esters is 3. The molecular weight excluding hydrogens is 997 g/mol. The summed E-state index contributed by atoms with van der Waals surface area (Å²) < 4.78 is 17.0. The molecule has 0 radical (unpaired) electrons. The van der Waals surface area contributed by atoms with E-state index in [2.05, 4.69) is 93.7 Å². The number of hydrogen-bond acceptors (Lipinski definition) is 6. The summed E-state index contributed by atoms with van der Waals surface area (Å²) in [7, 11) is 0. The Hall–Kier alpha value is -3.15. The van der Waals surface area contributed by atoms with Crippen molar-refractivity contribution in [3.8, 4) is 0 Å². The van der Waals surface area contributed by atoms with Crippen LogP contribution < -0.4 is 0 Å². The van der Waals surface area contributed by atoms with E-state index in [1.807, 2.05) is 0 Å². The van der Waals surface area contributed by atoms with Gasteiger partial charge in [-0.1, -0.05) is 331 Å². The van der Waals surface area contributed by atoms with Crippen molar-refractivity contribution >= 4 is 17.9 Å². The fourth-order valence-corrected chi connectivity index (χ4v) is 10.4. The number of unbranched alkanes of at least 4 members (excludes halogenated alkanes) is 42. The van der Waals surface area contributed by atoms with Gasteiger partial charge < -0.3 is 14.2 Å². The largest absolute Gasteiger partial charge is 0.462 e. The highest BCUT2D eigenvalue weighted by Crippen LogP contribution is 2.18. The molecule has 0 bridgehead atoms. The molecule has 6 heteroatoms. The third-order valence-corrected chi connectivity index (χ3v) is 15.7. The first-order valence-corrected chi connectivity index (χ1v) is 35.4. The molecule has 1 atom stereocenters. The van der Waals surface area contributed by atoms with E-state index >= 15 is 0 Å². The van der Waals surface area contributed by atoms with Gasteiger partial charge in [-0.05, 0) is 89.9 Å². The van der Waals surface area contributed by atoms with E-state index in [1.54, 1.807) is 0 Å². The average molecular weight is 1130 g/mol. The predicted molar refractivity (Wildman–Crippen MR) is 353 cm³/mol. The molecule has 0 aromatic rings. The Balaban J connectivity index is 4.24. The monoisotopic (exact) mass is 1130 g/mol. The van der Waals surface area contributed by atoms with Crippen LogP contribution in [0.25, 0.3) is 0 Å². The van der Waals surface area contributed by atoms with Gasteiger partial charge in [0.1, 0.15) is 13.2 Å². The Morgan fingerprint density at radius 2 is 0.481 bits per heavy atom. The van der Waals surface area contributed by atoms with Gasteiger partial charge in [-0.15, -0.1) is 0 Å². The first-order valence-electron chi connectivity index (χ1n) is 35.4. The van der Waals surface area contributed by atoms with Crippen molar-refractivity contribution in [2.45, 2.75) is 374 Å². The van der Waals surface area contributed by atoms with Gasteiger partial charge in [-0.2, -0.15) is 0 Å². The molecule has 0 N–H and O–H groups in total. The van der Waals surface area contributed by atoms with Crippen LogP contribution in [-0.2, 0) is 28.6 Å². The normalized spacial score (nSPS) is 12.5. The van der Waals surface area contributed by atoms with E-state index in [0.717, 1.165) is 103 Å². The van der Waals surface area contributed by atoms with E-state index < -0.39 is 6.10 Å². The number of carbonyl (C=O) groups is 3. The zero-order chi connectivity index (χ0) is 58.5. The smallest absolute Gasteiger partial charge is 0.306 e. The Kier molecular flexibility index (Phi) is 66.6. The minimum atomic E-state index is -0.782. The molecular formula is C75H134O6. The number of rotatable bonds is 65. The molecule has 81 heavy (non-hydrogen) atoms. The summed E-state index contributed by atoms with van der Waals surface area (Å²) in [5.41, 5.74) is 0. The molecule has 0 heterocycles. The lowest BCUT2D eigenvalue weighted by molar-refractivity contribution is -0.167. The summed E-state index contributed by atoms with van der Waals surface area (Å²) in [4.78, 5) is 38.4. The Bertz CT molecular complexity index is 1490. The first-order chi connectivity index (χ1) is 40.0. The maximum absolute atomic E-state index is 12.9. The molecule has 0 aliphatic heterocycles. The van der Waals surface area contributed by atoms with Gasteiger partial charge in [0.25, 0.3) is 0 Å². The molecule has 0 saturated carbocycles. The highest BCUT2D eigenvalue weighted by Gasteiger charge is 2.19. The first kappa shape index (κ1) is 77.9. The number of carbonyl (C=O) groups excluding carboxylic acids is 3. The van der Waals surface area contributed by atoms with Crippen LogP contribution >= 0.6 is 0 Å². The maximum atomic E-state index is 12.9. The molecule has 470 valence electrons. The van der Waals surface area contributed by atoms with E-state index in [0.29, 0.717) is 19.3 Å². The maximum Gasteiger partial charge on any atom is 0.306 e. The summed E-state index contributed by atoms with van der Waals surface area (Å²) in [5, 5.41) is 0. The summed E-state index contributed by atoms with van der Waals surface area (Å²) >= 11 is 0. The van der Waals surface area contributed by atoms with Crippen molar-refractivity contribution in [3.63, 3.8) is 0 Å². The third-order valence-electron chi connectivity index (χ3n) is 15.7. The van der Waals surface area contributed by atoms with Crippen LogP contribution in [0.4, 0.5) is 0 Å². The molecule has 6 nitrogen and oxygen atoms in total. The van der Waals surface area contributed by atoms with E-state index in [1.165, 1.54) is 225 Å². The van der Waals surface area contributed by atoms with Crippen LogP contribution in [0.1, 0.15) is 367 Å². The quantitative estimate of drug-likeness (QED) is 0.0261. The molecule has 0 aliphatic carbocycles. The van der Waals surface area contributed by atoms with Gasteiger partial charge in [0.2, 0.25) is 0 Å². The molecule has 0 aromatic carbocycles. The van der Waals surface area contributed by atoms with Gasteiger partial charge in [0.15, 0.2) is 6.10 Å². The van der Waals surface area contributed by atoms with Crippen LogP contribution in [0, 0.1) is 0 Å². The van der Waals surface area contributed by atoms with Crippen LogP contribution in [-0.4, -0.2) is 37.2 Å². The Morgan fingerprint density at radius 3 is 0.790 bits per heavy atom. The standard InChI is InChI=1S/C75H134O6/c1-4-7-10-13-16-19-22-25-27-29-31-33-35-37-39-40-42-44-46-48-50-53-56-59-62-65-68-74(77)80-71-72(70-79-73(76)67-64-61-58-55-52-24-21-18-15-12-9-6-3)81-75(78)69-66-63-60-57-54-51-49-47-45-43-41-38-36-34-32-30-28-26-23-20-17-14-11-8-5-2/h8,11,17-18,20-21,26,28,32,34,38,41,72H,4-7,9-10,12-16,19,22-25,27,29-31,33,35-37,39-40,42-71H2,1-3H3/b11-8-,20-17-,21-18-,28-26-,34-32-,41-38-. The van der Waals surface area contributed by atoms with Crippen LogP contribution in [0.3, 0.4) is 0 Å². The molecule has 0 fully saturated rings. The van der Waals surface area contributed by atoms with Crippen LogP contribution in [0.2, 0.25) is 0 Å². The van der Waals surface area contributed by atoms with Gasteiger partial charge in [0, 0.05) is 19.3 Å². The second kappa shape index (κ2) is 69.3. The fraction of sp³-hybridized carbons (Fsp3) is 0.800. The molecule has 0 aromatic heterocycles. The molecule has 0 aliphatic rings. The van der Waals surface area contributed by atoms with Crippen molar-refractivity contribution in [1.29, 1.82) is 0 Å². The lowest BCUT2D eigenvalue weighted by atomic mass is 10.0. The Morgan fingerprint density at radius 1 is 0.259 bits per heavy atom. The van der Waals surface area contributed by atoms with Crippen molar-refractivity contribution in [2.24, 2.45) is 0 Å². The van der Waals surface area contributed by atoms with E-state index in [-0.39, 0.29) is 31.1 Å². The van der Waals surface area contributed by atoms with Gasteiger partial charge in [-0.3, -0.25) is 14.4 Å². The minimum Gasteiger partial charge on any atom is -0.462 e. The third kappa shape index (κ3) is 67.5. The predicted octanol–water partition coefficient (Wildman–Crippen LogP) is 24.4. The second-order valence-corrected chi connectivity index (χ2v) is 23.8. The van der Waals surface area contributed by atoms with Crippen LogP contribution in [0.5, 0.6) is 0 Å². The second-order valence-electron chi connectivity index (χ2n) is 23.8. The van der Waals surface area contributed by atoms with Crippen molar-refractivity contribution in [3.05, 3.63) is 72.9 Å². The van der Waals surface area contributed by atoms with Gasteiger partial charge in [-0.25, -0.2) is 0 Å². The minimum absolute atomic E-state index is 0.0767.